The van der Waals surface area contributed by atoms with Crippen LogP contribution in [0, 0.1) is 6.92 Å². The quantitative estimate of drug-likeness (QED) is 0.575. The Labute approximate surface area is 153 Å². The number of rotatable bonds is 6. The lowest BCUT2D eigenvalue weighted by atomic mass is 10.1. The van der Waals surface area contributed by atoms with E-state index in [-0.39, 0.29) is 0 Å². The molecule has 0 bridgehead atoms. The lowest BCUT2D eigenvalue weighted by molar-refractivity contribution is 0.340. The lowest BCUT2D eigenvalue weighted by Gasteiger charge is -2.11. The van der Waals surface area contributed by atoms with Gasteiger partial charge in [0.2, 0.25) is 0 Å². The smallest absolute Gasteiger partial charge is 0.170 e. The molecule has 0 unspecified atom stereocenters. The van der Waals surface area contributed by atoms with Gasteiger partial charge in [-0.1, -0.05) is 18.2 Å². The summed E-state index contributed by atoms with van der Waals surface area (Å²) >= 11 is 5.38. The van der Waals surface area contributed by atoms with Gasteiger partial charge in [-0.25, -0.2) is 0 Å². The maximum atomic E-state index is 5.44. The molecule has 3 rings (SSSR count). The fourth-order valence-corrected chi connectivity index (χ4v) is 3.15. The minimum atomic E-state index is 0.627. The normalized spacial score (nSPS) is 10.6. The number of benzene rings is 2. The van der Waals surface area contributed by atoms with Gasteiger partial charge < -0.3 is 20.4 Å². The van der Waals surface area contributed by atoms with Gasteiger partial charge in [-0.15, -0.1) is 0 Å². The van der Waals surface area contributed by atoms with E-state index in [0.717, 1.165) is 24.4 Å². The number of para-hydroxylation sites is 1. The van der Waals surface area contributed by atoms with E-state index in [1.54, 1.807) is 0 Å². The number of hydrogen-bond donors (Lipinski definition) is 3. The molecule has 0 spiro atoms. The Morgan fingerprint density at radius 2 is 1.88 bits per heavy atom. The van der Waals surface area contributed by atoms with Crippen molar-refractivity contribution < 1.29 is 4.74 Å². The Morgan fingerprint density at radius 1 is 1.12 bits per heavy atom. The van der Waals surface area contributed by atoms with Crippen molar-refractivity contribution in [3.8, 4) is 5.75 Å². The zero-order chi connectivity index (χ0) is 17.6. The van der Waals surface area contributed by atoms with Crippen LogP contribution in [0.25, 0.3) is 10.9 Å². The molecule has 2 aromatic carbocycles. The second kappa shape index (κ2) is 8.03. The average molecular weight is 353 g/mol. The second-order valence-electron chi connectivity index (χ2n) is 5.86. The van der Waals surface area contributed by atoms with Crippen LogP contribution in [-0.2, 0) is 6.42 Å². The van der Waals surface area contributed by atoms with Crippen molar-refractivity contribution in [1.82, 2.24) is 10.3 Å². The molecule has 130 valence electrons. The Bertz CT molecular complexity index is 855. The maximum absolute atomic E-state index is 5.44. The Balaban J connectivity index is 1.53. The standard InChI is InChI=1S/C20H23N3OS/c1-3-24-16-10-8-15(9-11-16)23-20(25)21-13-12-17-14(2)22-19-7-5-4-6-18(17)19/h4-11,22H,3,12-13H2,1-2H3,(H2,21,23,25). The predicted octanol–water partition coefficient (Wildman–Crippen LogP) is 4.40. The summed E-state index contributed by atoms with van der Waals surface area (Å²) < 4.78 is 5.44. The van der Waals surface area contributed by atoms with Crippen molar-refractivity contribution in [1.29, 1.82) is 0 Å². The average Bonchev–Trinajstić information content (AvgIpc) is 2.93. The third kappa shape index (κ3) is 4.31. The topological polar surface area (TPSA) is 49.1 Å². The van der Waals surface area contributed by atoms with Crippen LogP contribution in [0.1, 0.15) is 18.2 Å². The number of fused-ring (bicyclic) bond motifs is 1. The zero-order valence-corrected chi connectivity index (χ0v) is 15.4. The van der Waals surface area contributed by atoms with Crippen LogP contribution in [0.3, 0.4) is 0 Å². The summed E-state index contributed by atoms with van der Waals surface area (Å²) in [5.41, 5.74) is 4.69. The maximum Gasteiger partial charge on any atom is 0.170 e. The van der Waals surface area contributed by atoms with Crippen molar-refractivity contribution in [2.75, 3.05) is 18.5 Å². The lowest BCUT2D eigenvalue weighted by Crippen LogP contribution is -2.30. The molecule has 0 radical (unpaired) electrons. The zero-order valence-electron chi connectivity index (χ0n) is 14.6. The molecule has 5 heteroatoms. The first kappa shape index (κ1) is 17.3. The van der Waals surface area contributed by atoms with Crippen molar-refractivity contribution >= 4 is 33.9 Å². The highest BCUT2D eigenvalue weighted by Crippen LogP contribution is 2.22. The summed E-state index contributed by atoms with van der Waals surface area (Å²) in [7, 11) is 0. The predicted molar refractivity (Wildman–Crippen MR) is 109 cm³/mol. The van der Waals surface area contributed by atoms with Gasteiger partial charge in [-0.05, 0) is 68.4 Å². The summed E-state index contributed by atoms with van der Waals surface area (Å²) in [5.74, 6) is 0.863. The summed E-state index contributed by atoms with van der Waals surface area (Å²) in [6, 6.07) is 16.2. The van der Waals surface area contributed by atoms with Crippen LogP contribution < -0.4 is 15.4 Å². The van der Waals surface area contributed by atoms with E-state index < -0.39 is 0 Å². The molecule has 0 saturated carbocycles. The van der Waals surface area contributed by atoms with Crippen LogP contribution >= 0.6 is 12.2 Å². The van der Waals surface area contributed by atoms with E-state index in [1.165, 1.54) is 22.2 Å². The molecule has 3 N–H and O–H groups in total. The molecule has 4 nitrogen and oxygen atoms in total. The number of aryl methyl sites for hydroxylation is 1. The highest BCUT2D eigenvalue weighted by atomic mass is 32.1. The van der Waals surface area contributed by atoms with Crippen LogP contribution in [0.2, 0.25) is 0 Å². The number of thiocarbonyl (C=S) groups is 1. The summed E-state index contributed by atoms with van der Waals surface area (Å²) in [6.07, 6.45) is 0.918. The number of aromatic nitrogens is 1. The third-order valence-electron chi connectivity index (χ3n) is 4.11. The number of aromatic amines is 1. The molecule has 0 amide bonds. The number of H-pyrrole nitrogens is 1. The summed E-state index contributed by atoms with van der Waals surface area (Å²) in [4.78, 5) is 3.43. The third-order valence-corrected chi connectivity index (χ3v) is 4.36. The highest BCUT2D eigenvalue weighted by Gasteiger charge is 2.07. The van der Waals surface area contributed by atoms with Gasteiger partial charge in [-0.2, -0.15) is 0 Å². The molecular formula is C20H23N3OS. The van der Waals surface area contributed by atoms with Crippen molar-refractivity contribution in [2.45, 2.75) is 20.3 Å². The number of nitrogens with one attached hydrogen (secondary N) is 3. The fourth-order valence-electron chi connectivity index (χ4n) is 2.93. The molecule has 1 heterocycles. The molecule has 0 fully saturated rings. The van der Waals surface area contributed by atoms with E-state index in [1.807, 2.05) is 31.2 Å². The van der Waals surface area contributed by atoms with Gasteiger partial charge in [0.1, 0.15) is 5.75 Å². The number of hydrogen-bond acceptors (Lipinski definition) is 2. The van der Waals surface area contributed by atoms with Crippen LogP contribution in [0.4, 0.5) is 5.69 Å². The Kier molecular flexibility index (Phi) is 5.56. The van der Waals surface area contributed by atoms with Crippen LogP contribution in [-0.4, -0.2) is 23.2 Å². The SMILES string of the molecule is CCOc1ccc(NC(=S)NCCc2c(C)[nH]c3ccccc23)cc1. The van der Waals surface area contributed by atoms with Crippen molar-refractivity contribution in [3.63, 3.8) is 0 Å². The first-order valence-corrected chi connectivity index (χ1v) is 8.92. The molecule has 0 aliphatic heterocycles. The molecule has 25 heavy (non-hydrogen) atoms. The first-order chi connectivity index (χ1) is 12.2. The minimum absolute atomic E-state index is 0.627. The largest absolute Gasteiger partial charge is 0.494 e. The van der Waals surface area contributed by atoms with E-state index in [0.29, 0.717) is 11.7 Å². The monoisotopic (exact) mass is 353 g/mol. The first-order valence-electron chi connectivity index (χ1n) is 8.51. The van der Waals surface area contributed by atoms with Gasteiger partial charge in [0, 0.05) is 28.8 Å². The van der Waals surface area contributed by atoms with Gasteiger partial charge in [-0.3, -0.25) is 0 Å². The fraction of sp³-hybridized carbons (Fsp3) is 0.250. The number of anilines is 1. The van der Waals surface area contributed by atoms with Gasteiger partial charge in [0.25, 0.3) is 0 Å². The van der Waals surface area contributed by atoms with E-state index >= 15 is 0 Å². The minimum Gasteiger partial charge on any atom is -0.494 e. The molecule has 1 aromatic heterocycles. The molecular weight excluding hydrogens is 330 g/mol. The Morgan fingerprint density at radius 3 is 2.64 bits per heavy atom. The van der Waals surface area contributed by atoms with Crippen LogP contribution in [0.15, 0.2) is 48.5 Å². The van der Waals surface area contributed by atoms with E-state index in [2.05, 4.69) is 46.8 Å². The van der Waals surface area contributed by atoms with Gasteiger partial charge >= 0.3 is 0 Å². The van der Waals surface area contributed by atoms with E-state index in [4.69, 9.17) is 17.0 Å². The van der Waals surface area contributed by atoms with E-state index in [9.17, 15) is 0 Å². The Hall–Kier alpha value is -2.53. The molecule has 0 aliphatic rings. The van der Waals surface area contributed by atoms with Crippen molar-refractivity contribution in [2.24, 2.45) is 0 Å². The molecule has 0 aliphatic carbocycles. The van der Waals surface area contributed by atoms with Gasteiger partial charge in [0.05, 0.1) is 6.61 Å². The summed E-state index contributed by atoms with van der Waals surface area (Å²) in [5, 5.41) is 8.39. The summed E-state index contributed by atoms with van der Waals surface area (Å²) in [6.45, 7) is 5.54. The molecule has 0 atom stereocenters. The highest BCUT2D eigenvalue weighted by molar-refractivity contribution is 7.80. The molecule has 3 aromatic rings. The van der Waals surface area contributed by atoms with Crippen LogP contribution in [0.5, 0.6) is 5.75 Å². The second-order valence-corrected chi connectivity index (χ2v) is 6.27. The molecule has 0 saturated heterocycles. The van der Waals surface area contributed by atoms with Crippen molar-refractivity contribution in [3.05, 3.63) is 59.8 Å². The van der Waals surface area contributed by atoms with Gasteiger partial charge in [0.15, 0.2) is 5.11 Å². The number of ether oxygens (including phenoxy) is 1.